The van der Waals surface area contributed by atoms with E-state index in [1.165, 1.54) is 5.57 Å². The summed E-state index contributed by atoms with van der Waals surface area (Å²) in [7, 11) is 0. The summed E-state index contributed by atoms with van der Waals surface area (Å²) in [5.41, 5.74) is 2.16. The van der Waals surface area contributed by atoms with Crippen molar-refractivity contribution < 1.29 is 0 Å². The van der Waals surface area contributed by atoms with Gasteiger partial charge in [-0.3, -0.25) is 0 Å². The molecule has 0 radical (unpaired) electrons. The van der Waals surface area contributed by atoms with Crippen LogP contribution in [0.1, 0.15) is 20.8 Å². The van der Waals surface area contributed by atoms with Crippen LogP contribution in [-0.2, 0) is 0 Å². The molecule has 0 unspecified atom stereocenters. The van der Waals surface area contributed by atoms with Crippen LogP contribution in [0.15, 0.2) is 73.4 Å². The Labute approximate surface area is 100 Å². The van der Waals surface area contributed by atoms with Crippen LogP contribution in [0.25, 0.3) is 0 Å². The maximum absolute atomic E-state index is 4.11. The number of rotatable bonds is 6. The fourth-order valence-corrected chi connectivity index (χ4v) is 1.36. The Morgan fingerprint density at radius 1 is 1.06 bits per heavy atom. The Bertz CT molecular complexity index is 346. The smallest absolute Gasteiger partial charge is 0.0140 e. The first kappa shape index (κ1) is 14.4. The Morgan fingerprint density at radius 2 is 1.69 bits per heavy atom. The average Bonchev–Trinajstić information content (AvgIpc) is 2.25. The highest BCUT2D eigenvalue weighted by molar-refractivity contribution is 5.40. The lowest BCUT2D eigenvalue weighted by molar-refractivity contribution is 0.568. The van der Waals surface area contributed by atoms with Gasteiger partial charge in [0.05, 0.1) is 0 Å². The van der Waals surface area contributed by atoms with Crippen LogP contribution in [0.4, 0.5) is 0 Å². The van der Waals surface area contributed by atoms with Crippen LogP contribution < -0.4 is 0 Å². The fourth-order valence-electron chi connectivity index (χ4n) is 1.36. The molecule has 0 aliphatic carbocycles. The molecule has 0 aliphatic rings. The van der Waals surface area contributed by atoms with Gasteiger partial charge < -0.3 is 0 Å². The van der Waals surface area contributed by atoms with Gasteiger partial charge in [-0.1, -0.05) is 76.1 Å². The number of hydrogen-bond acceptors (Lipinski definition) is 0. The minimum atomic E-state index is -0.0970. The standard InChI is InChI=1S/C16H22/c1-7-10-13-14(4)16(5,6)15(11-8-2)12-9-3/h7-13H,1-2,4H2,3,5-6H3/b12-9-,13-10-,15-11+. The highest BCUT2D eigenvalue weighted by Gasteiger charge is 2.22. The molecule has 16 heavy (non-hydrogen) atoms. The van der Waals surface area contributed by atoms with E-state index < -0.39 is 0 Å². The second kappa shape index (κ2) is 6.84. The van der Waals surface area contributed by atoms with Gasteiger partial charge in [-0.2, -0.15) is 0 Å². The Kier molecular flexibility index (Phi) is 6.17. The molecule has 86 valence electrons. The normalized spacial score (nSPS) is 13.3. The Hall–Kier alpha value is -1.56. The molecule has 0 spiro atoms. The third-order valence-corrected chi connectivity index (χ3v) is 2.60. The average molecular weight is 214 g/mol. The molecule has 0 aromatic rings. The lowest BCUT2D eigenvalue weighted by Crippen LogP contribution is -2.15. The van der Waals surface area contributed by atoms with Crippen molar-refractivity contribution >= 4 is 0 Å². The molecule has 0 aromatic heterocycles. The maximum Gasteiger partial charge on any atom is 0.0140 e. The molecule has 0 aliphatic heterocycles. The van der Waals surface area contributed by atoms with Crippen molar-refractivity contribution in [2.75, 3.05) is 0 Å². The van der Waals surface area contributed by atoms with Gasteiger partial charge in [-0.25, -0.2) is 0 Å². The van der Waals surface area contributed by atoms with E-state index in [1.807, 2.05) is 37.3 Å². The summed E-state index contributed by atoms with van der Waals surface area (Å²) in [4.78, 5) is 0. The van der Waals surface area contributed by atoms with Crippen LogP contribution >= 0.6 is 0 Å². The zero-order valence-electron chi connectivity index (χ0n) is 10.7. The van der Waals surface area contributed by atoms with Gasteiger partial charge in [0.1, 0.15) is 0 Å². The Morgan fingerprint density at radius 3 is 2.12 bits per heavy atom. The molecule has 0 atom stereocenters. The van der Waals surface area contributed by atoms with Crippen LogP contribution in [-0.4, -0.2) is 0 Å². The zero-order chi connectivity index (χ0) is 12.6. The molecule has 0 saturated carbocycles. The van der Waals surface area contributed by atoms with Crippen molar-refractivity contribution in [2.45, 2.75) is 20.8 Å². The minimum Gasteiger partial charge on any atom is -0.0991 e. The maximum atomic E-state index is 4.11. The first-order valence-corrected chi connectivity index (χ1v) is 5.45. The van der Waals surface area contributed by atoms with E-state index in [-0.39, 0.29) is 5.41 Å². The molecular formula is C16H22. The van der Waals surface area contributed by atoms with Gasteiger partial charge in [0.25, 0.3) is 0 Å². The highest BCUT2D eigenvalue weighted by atomic mass is 14.3. The van der Waals surface area contributed by atoms with Crippen molar-refractivity contribution in [3.8, 4) is 0 Å². The van der Waals surface area contributed by atoms with Crippen LogP contribution in [0, 0.1) is 5.41 Å². The van der Waals surface area contributed by atoms with Gasteiger partial charge in [0, 0.05) is 5.41 Å². The van der Waals surface area contributed by atoms with E-state index in [9.17, 15) is 0 Å². The van der Waals surface area contributed by atoms with Crippen molar-refractivity contribution in [1.29, 1.82) is 0 Å². The van der Waals surface area contributed by atoms with Crippen molar-refractivity contribution in [1.82, 2.24) is 0 Å². The summed E-state index contributed by atoms with van der Waals surface area (Å²) in [5, 5.41) is 0. The molecule has 0 rings (SSSR count). The molecule has 0 bridgehead atoms. The summed E-state index contributed by atoms with van der Waals surface area (Å²) in [6.07, 6.45) is 13.6. The van der Waals surface area contributed by atoms with Gasteiger partial charge >= 0.3 is 0 Å². The SMILES string of the molecule is C=C/C=C\C(=C)C(C)(C)C(/C=C\C)=C/C=C. The molecule has 0 amide bonds. The molecule has 0 aromatic carbocycles. The van der Waals surface area contributed by atoms with Crippen LogP contribution in [0.3, 0.4) is 0 Å². The first-order chi connectivity index (χ1) is 7.50. The lowest BCUT2D eigenvalue weighted by Gasteiger charge is -2.27. The molecule has 0 N–H and O–H groups in total. The third-order valence-electron chi connectivity index (χ3n) is 2.60. The molecule has 0 nitrogen and oxygen atoms in total. The minimum absolute atomic E-state index is 0.0970. The van der Waals surface area contributed by atoms with Gasteiger partial charge in [-0.05, 0) is 18.1 Å². The number of allylic oxidation sites excluding steroid dienone is 9. The van der Waals surface area contributed by atoms with Crippen molar-refractivity contribution in [3.05, 3.63) is 73.4 Å². The first-order valence-electron chi connectivity index (χ1n) is 5.45. The van der Waals surface area contributed by atoms with Crippen LogP contribution in [0.5, 0.6) is 0 Å². The second-order valence-corrected chi connectivity index (χ2v) is 4.10. The topological polar surface area (TPSA) is 0 Å². The van der Waals surface area contributed by atoms with Crippen molar-refractivity contribution in [2.24, 2.45) is 5.41 Å². The third kappa shape index (κ3) is 3.90. The largest absolute Gasteiger partial charge is 0.0991 e. The molecule has 0 saturated heterocycles. The fraction of sp³-hybridized carbons (Fsp3) is 0.250. The predicted molar refractivity (Wildman–Crippen MR) is 75.4 cm³/mol. The van der Waals surface area contributed by atoms with E-state index in [4.69, 9.17) is 0 Å². The molecule has 0 fully saturated rings. The summed E-state index contributed by atoms with van der Waals surface area (Å²) < 4.78 is 0. The summed E-state index contributed by atoms with van der Waals surface area (Å²) in [6, 6.07) is 0. The van der Waals surface area contributed by atoms with E-state index in [1.54, 1.807) is 6.08 Å². The predicted octanol–water partition coefficient (Wildman–Crippen LogP) is 5.00. The van der Waals surface area contributed by atoms with E-state index in [0.29, 0.717) is 0 Å². The van der Waals surface area contributed by atoms with E-state index in [0.717, 1.165) is 5.57 Å². The van der Waals surface area contributed by atoms with Crippen LogP contribution in [0.2, 0.25) is 0 Å². The number of hydrogen-bond donors (Lipinski definition) is 0. The molecule has 0 heterocycles. The Balaban J connectivity index is 5.20. The summed E-state index contributed by atoms with van der Waals surface area (Å²) >= 11 is 0. The van der Waals surface area contributed by atoms with Gasteiger partial charge in [0.15, 0.2) is 0 Å². The lowest BCUT2D eigenvalue weighted by atomic mass is 9.77. The van der Waals surface area contributed by atoms with Crippen molar-refractivity contribution in [3.63, 3.8) is 0 Å². The van der Waals surface area contributed by atoms with E-state index in [2.05, 4.69) is 39.7 Å². The molecule has 0 heteroatoms. The van der Waals surface area contributed by atoms with Gasteiger partial charge in [0.2, 0.25) is 0 Å². The second-order valence-electron chi connectivity index (χ2n) is 4.10. The monoisotopic (exact) mass is 214 g/mol. The molecular weight excluding hydrogens is 192 g/mol. The van der Waals surface area contributed by atoms with Gasteiger partial charge in [-0.15, -0.1) is 0 Å². The quantitative estimate of drug-likeness (QED) is 0.546. The summed E-state index contributed by atoms with van der Waals surface area (Å²) in [5.74, 6) is 0. The highest BCUT2D eigenvalue weighted by Crippen LogP contribution is 2.35. The summed E-state index contributed by atoms with van der Waals surface area (Å²) in [6.45, 7) is 17.8. The zero-order valence-corrected chi connectivity index (χ0v) is 10.7. The van der Waals surface area contributed by atoms with E-state index >= 15 is 0 Å².